The van der Waals surface area contributed by atoms with Gasteiger partial charge in [0.1, 0.15) is 5.82 Å². The summed E-state index contributed by atoms with van der Waals surface area (Å²) < 4.78 is 5.97. The van der Waals surface area contributed by atoms with E-state index < -0.39 is 0 Å². The van der Waals surface area contributed by atoms with Crippen LogP contribution in [-0.2, 0) is 17.8 Å². The van der Waals surface area contributed by atoms with Crippen LogP contribution in [0.2, 0.25) is 0 Å². The number of guanidine groups is 1. The summed E-state index contributed by atoms with van der Waals surface area (Å²) in [7, 11) is 0. The molecule has 3 aromatic rings. The maximum absolute atomic E-state index is 5.97. The third kappa shape index (κ3) is 6.93. The summed E-state index contributed by atoms with van der Waals surface area (Å²) >= 11 is 0. The molecule has 2 heterocycles. The average Bonchev–Trinajstić information content (AvgIpc) is 3.43. The lowest BCUT2D eigenvalue weighted by molar-refractivity contribution is 0.0907. The van der Waals surface area contributed by atoms with Crippen molar-refractivity contribution in [2.24, 2.45) is 10.9 Å². The number of benzene rings is 2. The molecule has 1 atom stereocenters. The fraction of sp³-hybridized carbons (Fsp3) is 0.440. The van der Waals surface area contributed by atoms with E-state index in [0.29, 0.717) is 12.5 Å². The highest BCUT2D eigenvalue weighted by Gasteiger charge is 2.24. The van der Waals surface area contributed by atoms with Gasteiger partial charge in [0.05, 0.1) is 24.2 Å². The van der Waals surface area contributed by atoms with E-state index in [1.165, 1.54) is 5.56 Å². The zero-order valence-electron chi connectivity index (χ0n) is 18.8. The molecule has 0 amide bonds. The summed E-state index contributed by atoms with van der Waals surface area (Å²) in [5.41, 5.74) is 3.37. The molecule has 1 saturated heterocycles. The van der Waals surface area contributed by atoms with Crippen LogP contribution in [-0.4, -0.2) is 53.6 Å². The molecule has 7 heteroatoms. The molecular weight excluding hydrogens is 513 g/mol. The summed E-state index contributed by atoms with van der Waals surface area (Å²) in [4.78, 5) is 15.3. The Morgan fingerprint density at radius 1 is 1.19 bits per heavy atom. The van der Waals surface area contributed by atoms with Crippen LogP contribution in [0.4, 0.5) is 0 Å². The van der Waals surface area contributed by atoms with Gasteiger partial charge in [-0.25, -0.2) is 4.98 Å². The van der Waals surface area contributed by atoms with Gasteiger partial charge in [-0.15, -0.1) is 24.0 Å². The third-order valence-corrected chi connectivity index (χ3v) is 5.66. The van der Waals surface area contributed by atoms with E-state index >= 15 is 0 Å². The van der Waals surface area contributed by atoms with Gasteiger partial charge in [-0.05, 0) is 37.5 Å². The smallest absolute Gasteiger partial charge is 0.193 e. The number of nitrogens with one attached hydrogen (secondary N) is 2. The molecule has 2 N–H and O–H groups in total. The summed E-state index contributed by atoms with van der Waals surface area (Å²) in [6.45, 7) is 7.34. The van der Waals surface area contributed by atoms with Crippen LogP contribution in [0.1, 0.15) is 31.2 Å². The number of aliphatic imine (C=N–C) groups is 1. The first kappa shape index (κ1) is 24.5. The van der Waals surface area contributed by atoms with Crippen LogP contribution < -0.4 is 5.32 Å². The Balaban J connectivity index is 0.00000289. The minimum absolute atomic E-state index is 0. The van der Waals surface area contributed by atoms with Gasteiger partial charge in [-0.3, -0.25) is 4.99 Å². The number of para-hydroxylation sites is 2. The highest BCUT2D eigenvalue weighted by molar-refractivity contribution is 14.0. The Hall–Kier alpha value is -2.13. The molecular formula is C25H34IN5O. The second kappa shape index (κ2) is 12.8. The number of hydrogen-bond donors (Lipinski definition) is 2. The van der Waals surface area contributed by atoms with Gasteiger partial charge in [0, 0.05) is 38.5 Å². The van der Waals surface area contributed by atoms with Crippen molar-refractivity contribution < 1.29 is 4.74 Å². The average molecular weight is 547 g/mol. The van der Waals surface area contributed by atoms with Crippen molar-refractivity contribution in [3.8, 4) is 0 Å². The van der Waals surface area contributed by atoms with E-state index in [4.69, 9.17) is 9.73 Å². The van der Waals surface area contributed by atoms with Gasteiger partial charge in [0.2, 0.25) is 0 Å². The minimum Gasteiger partial charge on any atom is -0.376 e. The van der Waals surface area contributed by atoms with Gasteiger partial charge in [-0.2, -0.15) is 0 Å². The third-order valence-electron chi connectivity index (χ3n) is 5.66. The zero-order chi connectivity index (χ0) is 21.3. The molecule has 0 radical (unpaired) electrons. The maximum atomic E-state index is 5.97. The molecule has 4 rings (SSSR count). The van der Waals surface area contributed by atoms with E-state index in [1.807, 2.05) is 24.3 Å². The van der Waals surface area contributed by atoms with Crippen LogP contribution >= 0.6 is 24.0 Å². The lowest BCUT2D eigenvalue weighted by Crippen LogP contribution is -2.40. The summed E-state index contributed by atoms with van der Waals surface area (Å²) in [5.74, 6) is 2.62. The normalized spacial score (nSPS) is 16.3. The van der Waals surface area contributed by atoms with Crippen molar-refractivity contribution in [3.63, 3.8) is 0 Å². The number of rotatable bonds is 9. The van der Waals surface area contributed by atoms with E-state index in [9.17, 15) is 0 Å². The van der Waals surface area contributed by atoms with Crippen molar-refractivity contribution in [2.75, 3.05) is 32.8 Å². The molecule has 32 heavy (non-hydrogen) atoms. The summed E-state index contributed by atoms with van der Waals surface area (Å²) in [5, 5.41) is 3.46. The van der Waals surface area contributed by atoms with Crippen molar-refractivity contribution in [1.82, 2.24) is 20.2 Å². The number of halogens is 1. The Labute approximate surface area is 207 Å². The Morgan fingerprint density at radius 3 is 2.81 bits per heavy atom. The fourth-order valence-electron chi connectivity index (χ4n) is 4.06. The molecule has 0 aliphatic carbocycles. The molecule has 1 unspecified atom stereocenters. The molecule has 0 bridgehead atoms. The van der Waals surface area contributed by atoms with Gasteiger partial charge in [0.25, 0.3) is 0 Å². The molecule has 1 aliphatic heterocycles. The second-order valence-corrected chi connectivity index (χ2v) is 8.14. The number of likely N-dealkylation sites (tertiary alicyclic amines) is 1. The number of H-pyrrole nitrogens is 1. The summed E-state index contributed by atoms with van der Waals surface area (Å²) in [6.07, 6.45) is 3.04. The Morgan fingerprint density at radius 2 is 2.00 bits per heavy atom. The van der Waals surface area contributed by atoms with Crippen LogP contribution in [0, 0.1) is 5.92 Å². The van der Waals surface area contributed by atoms with Crippen LogP contribution in [0.15, 0.2) is 59.6 Å². The predicted molar refractivity (Wildman–Crippen MR) is 142 cm³/mol. The highest BCUT2D eigenvalue weighted by atomic mass is 127. The largest absolute Gasteiger partial charge is 0.376 e. The molecule has 0 spiro atoms. The molecule has 1 aliphatic rings. The quantitative estimate of drug-likeness (QED) is 0.178. The van der Waals surface area contributed by atoms with Crippen molar-refractivity contribution >= 4 is 41.0 Å². The first-order chi connectivity index (χ1) is 15.3. The number of ether oxygens (including phenoxy) is 1. The monoisotopic (exact) mass is 547 g/mol. The predicted octanol–water partition coefficient (Wildman–Crippen LogP) is 4.62. The molecule has 1 aromatic heterocycles. The number of aromatic amines is 1. The van der Waals surface area contributed by atoms with Gasteiger partial charge in [-0.1, -0.05) is 42.5 Å². The first-order valence-corrected chi connectivity index (χ1v) is 11.4. The van der Waals surface area contributed by atoms with Gasteiger partial charge < -0.3 is 19.9 Å². The minimum atomic E-state index is 0. The number of aryl methyl sites for hydroxylation is 1. The number of hydrogen-bond acceptors (Lipinski definition) is 3. The van der Waals surface area contributed by atoms with E-state index in [2.05, 4.69) is 57.4 Å². The number of nitrogens with zero attached hydrogens (tertiary/aromatic N) is 3. The van der Waals surface area contributed by atoms with Crippen molar-refractivity contribution in [2.45, 2.75) is 32.8 Å². The van der Waals surface area contributed by atoms with Crippen molar-refractivity contribution in [1.29, 1.82) is 0 Å². The van der Waals surface area contributed by atoms with Crippen LogP contribution in [0.3, 0.4) is 0 Å². The molecule has 0 saturated carbocycles. The SMILES string of the molecule is CCNC(=NCCCc1nc2ccccc2[nH]1)N1CCC(COCc2ccccc2)C1.I. The number of fused-ring (bicyclic) bond motifs is 1. The number of aromatic nitrogens is 2. The second-order valence-electron chi connectivity index (χ2n) is 8.14. The van der Waals surface area contributed by atoms with Gasteiger partial charge in [0.15, 0.2) is 5.96 Å². The topological polar surface area (TPSA) is 65.5 Å². The Kier molecular flexibility index (Phi) is 9.80. The standard InChI is InChI=1S/C25H33N5O.HI/c1-2-26-25(27-15-8-13-24-28-22-11-6-7-12-23(22)29-24)30-16-14-21(17-30)19-31-18-20-9-4-3-5-10-20;/h3-7,9-12,21H,2,8,13-19H2,1H3,(H,26,27)(H,28,29);1H. The van der Waals surface area contributed by atoms with E-state index in [-0.39, 0.29) is 24.0 Å². The van der Waals surface area contributed by atoms with Gasteiger partial charge >= 0.3 is 0 Å². The zero-order valence-corrected chi connectivity index (χ0v) is 21.1. The van der Waals surface area contributed by atoms with E-state index in [0.717, 1.165) is 74.9 Å². The van der Waals surface area contributed by atoms with Crippen molar-refractivity contribution in [3.05, 3.63) is 66.0 Å². The first-order valence-electron chi connectivity index (χ1n) is 11.4. The summed E-state index contributed by atoms with van der Waals surface area (Å²) in [6, 6.07) is 18.6. The lowest BCUT2D eigenvalue weighted by Gasteiger charge is -2.21. The molecule has 2 aromatic carbocycles. The van der Waals surface area contributed by atoms with E-state index in [1.54, 1.807) is 0 Å². The lowest BCUT2D eigenvalue weighted by atomic mass is 10.1. The maximum Gasteiger partial charge on any atom is 0.193 e. The van der Waals surface area contributed by atoms with Crippen LogP contribution in [0.5, 0.6) is 0 Å². The number of imidazole rings is 1. The van der Waals surface area contributed by atoms with Crippen LogP contribution in [0.25, 0.3) is 11.0 Å². The molecule has 1 fully saturated rings. The Bertz CT molecular complexity index is 942. The fourth-order valence-corrected chi connectivity index (χ4v) is 4.06. The molecule has 6 nitrogen and oxygen atoms in total. The molecule has 172 valence electrons. The highest BCUT2D eigenvalue weighted by Crippen LogP contribution is 2.18.